The molecule has 1 aromatic heterocycles. The van der Waals surface area contributed by atoms with Crippen LogP contribution in [0.5, 0.6) is 5.88 Å². The van der Waals surface area contributed by atoms with Gasteiger partial charge in [0.05, 0.1) is 16.1 Å². The minimum Gasteiger partial charge on any atom is -0.473 e. The number of methoxy groups -OCH3 is 1. The van der Waals surface area contributed by atoms with E-state index in [1.54, 1.807) is 18.9 Å². The molecule has 1 amide bonds. The maximum atomic E-state index is 14.6. The van der Waals surface area contributed by atoms with Crippen molar-refractivity contribution in [3.63, 3.8) is 0 Å². The Bertz CT molecular complexity index is 1290. The molecule has 2 aliphatic carbocycles. The first kappa shape index (κ1) is 25.7. The Labute approximate surface area is 215 Å². The molecule has 0 radical (unpaired) electrons. The van der Waals surface area contributed by atoms with Gasteiger partial charge >= 0.3 is 6.09 Å². The van der Waals surface area contributed by atoms with E-state index in [1.165, 1.54) is 18.5 Å². The summed E-state index contributed by atoms with van der Waals surface area (Å²) in [6.45, 7) is 3.15. The first-order chi connectivity index (χ1) is 17.6. The van der Waals surface area contributed by atoms with Gasteiger partial charge in [0.15, 0.2) is 9.84 Å². The number of rotatable bonds is 8. The largest absolute Gasteiger partial charge is 0.473 e. The number of carbonyl (C=O) groups is 1. The molecule has 2 bridgehead atoms. The number of anilines is 2. The number of ether oxygens (including phenoxy) is 3. The van der Waals surface area contributed by atoms with Crippen LogP contribution in [0.2, 0.25) is 0 Å². The third kappa shape index (κ3) is 5.35. The highest BCUT2D eigenvalue weighted by molar-refractivity contribution is 7.90. The summed E-state index contributed by atoms with van der Waals surface area (Å²) in [5.41, 5.74) is 0.392. The molecule has 200 valence electrons. The maximum Gasteiger partial charge on any atom is 0.409 e. The maximum absolute atomic E-state index is 14.6. The smallest absolute Gasteiger partial charge is 0.409 e. The lowest BCUT2D eigenvalue weighted by molar-refractivity contribution is -0.0102. The van der Waals surface area contributed by atoms with E-state index < -0.39 is 15.7 Å². The van der Waals surface area contributed by atoms with Gasteiger partial charge in [-0.25, -0.2) is 27.6 Å². The van der Waals surface area contributed by atoms with Gasteiger partial charge in [-0.3, -0.25) is 0 Å². The molecule has 1 saturated heterocycles. The van der Waals surface area contributed by atoms with Crippen molar-refractivity contribution in [3.8, 4) is 5.88 Å². The number of piperidine rings is 1. The number of benzene rings is 1. The molecule has 37 heavy (non-hydrogen) atoms. The highest BCUT2D eigenvalue weighted by Crippen LogP contribution is 2.41. The predicted octanol–water partition coefficient (Wildman–Crippen LogP) is 3.48. The normalized spacial score (nSPS) is 24.0. The van der Waals surface area contributed by atoms with Crippen LogP contribution in [0.3, 0.4) is 0 Å². The number of likely N-dealkylation sites (tertiary alicyclic amines) is 1. The predicted molar refractivity (Wildman–Crippen MR) is 132 cm³/mol. The molecule has 2 atom stereocenters. The fourth-order valence-electron chi connectivity index (χ4n) is 5.11. The number of amides is 1. The van der Waals surface area contributed by atoms with Crippen LogP contribution in [-0.4, -0.2) is 74.1 Å². The van der Waals surface area contributed by atoms with Crippen LogP contribution in [0.15, 0.2) is 29.4 Å². The summed E-state index contributed by atoms with van der Waals surface area (Å²) < 4.78 is 55.3. The van der Waals surface area contributed by atoms with Crippen molar-refractivity contribution < 1.29 is 31.8 Å². The Morgan fingerprint density at radius 3 is 2.51 bits per heavy atom. The molecular formula is C25H31FN4O6S. The fraction of sp³-hybridized carbons (Fsp3) is 0.560. The second-order valence-electron chi connectivity index (χ2n) is 10.2. The number of sulfone groups is 1. The number of aromatic nitrogens is 2. The standard InChI is InChI=1S/C25H31FN4O6S/c1-15-22(29-20-7-6-18(10-19(20)26)37(3,32)33)27-14-28-23(15)36-21-16-4-5-17(21)12-30(11-16)24(31)35-13-25(34-2)8-9-25/h6-7,10,14,16-17,21H,4-5,8-9,11-13H2,1-3H3,(H,27,28,29). The number of hydrogen-bond donors (Lipinski definition) is 1. The summed E-state index contributed by atoms with van der Waals surface area (Å²) in [7, 11) is -1.88. The first-order valence-corrected chi connectivity index (χ1v) is 14.2. The minimum atomic E-state index is -3.52. The SMILES string of the molecule is COC1(COC(=O)N2CC3CCC(C2)C3Oc2ncnc(Nc3ccc(S(C)(=O)=O)cc3F)c2C)CC1. The summed E-state index contributed by atoms with van der Waals surface area (Å²) in [5, 5.41) is 2.91. The quantitative estimate of drug-likeness (QED) is 0.543. The molecule has 12 heteroatoms. The van der Waals surface area contributed by atoms with Crippen molar-refractivity contribution in [2.24, 2.45) is 11.8 Å². The van der Waals surface area contributed by atoms with Crippen molar-refractivity contribution in [2.75, 3.05) is 38.4 Å². The van der Waals surface area contributed by atoms with Crippen molar-refractivity contribution in [3.05, 3.63) is 35.9 Å². The number of nitrogens with zero attached hydrogens (tertiary/aromatic N) is 3. The van der Waals surface area contributed by atoms with Crippen LogP contribution >= 0.6 is 0 Å². The summed E-state index contributed by atoms with van der Waals surface area (Å²) in [6, 6.07) is 3.67. The topological polar surface area (TPSA) is 120 Å². The highest BCUT2D eigenvalue weighted by Gasteiger charge is 2.47. The first-order valence-electron chi connectivity index (χ1n) is 12.3. The van der Waals surface area contributed by atoms with Gasteiger partial charge in [0, 0.05) is 38.3 Å². The van der Waals surface area contributed by atoms with Gasteiger partial charge in [0.2, 0.25) is 5.88 Å². The molecule has 1 N–H and O–H groups in total. The minimum absolute atomic E-state index is 0.0912. The van der Waals surface area contributed by atoms with E-state index in [0.29, 0.717) is 30.4 Å². The summed E-state index contributed by atoms with van der Waals surface area (Å²) >= 11 is 0. The fourth-order valence-corrected chi connectivity index (χ4v) is 5.74. The molecular weight excluding hydrogens is 503 g/mol. The second kappa shape index (κ2) is 9.71. The average molecular weight is 535 g/mol. The van der Waals surface area contributed by atoms with Gasteiger partial charge < -0.3 is 24.4 Å². The van der Waals surface area contributed by atoms with Gasteiger partial charge in [0.25, 0.3) is 0 Å². The van der Waals surface area contributed by atoms with Gasteiger partial charge in [0.1, 0.15) is 36.3 Å². The molecule has 2 unspecified atom stereocenters. The van der Waals surface area contributed by atoms with Crippen LogP contribution in [0.4, 0.5) is 20.7 Å². The molecule has 10 nitrogen and oxygen atoms in total. The van der Waals surface area contributed by atoms with Crippen molar-refractivity contribution in [1.82, 2.24) is 14.9 Å². The third-order valence-corrected chi connectivity index (χ3v) is 8.72. The van der Waals surface area contributed by atoms with Crippen molar-refractivity contribution >= 4 is 27.4 Å². The van der Waals surface area contributed by atoms with E-state index in [4.69, 9.17) is 14.2 Å². The Hall–Kier alpha value is -2.99. The van der Waals surface area contributed by atoms with Crippen LogP contribution in [0.1, 0.15) is 31.2 Å². The third-order valence-electron chi connectivity index (χ3n) is 7.61. The van der Waals surface area contributed by atoms with Crippen LogP contribution in [-0.2, 0) is 19.3 Å². The lowest BCUT2D eigenvalue weighted by atomic mass is 9.95. The molecule has 5 rings (SSSR count). The van der Waals surface area contributed by atoms with Crippen molar-refractivity contribution in [1.29, 1.82) is 0 Å². The molecule has 2 aromatic rings. The Morgan fingerprint density at radius 2 is 1.92 bits per heavy atom. The van der Waals surface area contributed by atoms with E-state index in [2.05, 4.69) is 15.3 Å². The summed E-state index contributed by atoms with van der Waals surface area (Å²) in [5.74, 6) is 0.334. The molecule has 3 fully saturated rings. The van der Waals surface area contributed by atoms with Crippen molar-refractivity contribution in [2.45, 2.75) is 49.2 Å². The van der Waals surface area contributed by atoms with Crippen LogP contribution in [0.25, 0.3) is 0 Å². The van der Waals surface area contributed by atoms with Gasteiger partial charge in [-0.1, -0.05) is 0 Å². The zero-order valence-electron chi connectivity index (χ0n) is 21.1. The molecule has 1 aromatic carbocycles. The average Bonchev–Trinajstić information content (AvgIpc) is 3.61. The number of carbonyl (C=O) groups excluding carboxylic acids is 1. The molecule has 1 aliphatic heterocycles. The zero-order chi connectivity index (χ0) is 26.4. The zero-order valence-corrected chi connectivity index (χ0v) is 21.9. The molecule has 0 spiro atoms. The monoisotopic (exact) mass is 534 g/mol. The van der Waals surface area contributed by atoms with Gasteiger partial charge in [-0.05, 0) is 50.8 Å². The summed E-state index contributed by atoms with van der Waals surface area (Å²) in [6.07, 6.45) is 5.64. The van der Waals surface area contributed by atoms with E-state index in [1.807, 2.05) is 0 Å². The number of hydrogen-bond acceptors (Lipinski definition) is 9. The Morgan fingerprint density at radius 1 is 1.22 bits per heavy atom. The van der Waals surface area contributed by atoms with Gasteiger partial charge in [-0.2, -0.15) is 0 Å². The van der Waals surface area contributed by atoms with E-state index in [0.717, 1.165) is 38.0 Å². The van der Waals surface area contributed by atoms with E-state index in [9.17, 15) is 17.6 Å². The van der Waals surface area contributed by atoms with E-state index >= 15 is 0 Å². The van der Waals surface area contributed by atoms with E-state index in [-0.39, 0.29) is 46.8 Å². The van der Waals surface area contributed by atoms with Gasteiger partial charge in [-0.15, -0.1) is 0 Å². The van der Waals surface area contributed by atoms with Crippen LogP contribution in [0, 0.1) is 24.6 Å². The van der Waals surface area contributed by atoms with Crippen LogP contribution < -0.4 is 10.1 Å². The number of halogens is 1. The second-order valence-corrected chi connectivity index (χ2v) is 12.2. The molecule has 2 saturated carbocycles. The Balaban J connectivity index is 1.24. The number of nitrogens with one attached hydrogen (secondary N) is 1. The molecule has 2 heterocycles. The Kier molecular flexibility index (Phi) is 6.73. The summed E-state index contributed by atoms with van der Waals surface area (Å²) in [4.78, 5) is 22.8. The lowest BCUT2D eigenvalue weighted by Crippen LogP contribution is -2.50. The highest BCUT2D eigenvalue weighted by atomic mass is 32.2. The molecule has 3 aliphatic rings. The lowest BCUT2D eigenvalue weighted by Gasteiger charge is -2.37. The number of fused-ring (bicyclic) bond motifs is 2.